The fraction of sp³-hybridized carbons (Fsp3) is 1.00. The van der Waals surface area contributed by atoms with Gasteiger partial charge in [-0.3, -0.25) is 0 Å². The highest BCUT2D eigenvalue weighted by Gasteiger charge is 2.53. The number of aliphatic hydroxyl groups is 1. The zero-order valence-electron chi connectivity index (χ0n) is 5.89. The van der Waals surface area contributed by atoms with Crippen molar-refractivity contribution in [2.24, 2.45) is 5.92 Å². The quantitative estimate of drug-likeness (QED) is 0.517. The molecule has 58 valence electrons. The van der Waals surface area contributed by atoms with Gasteiger partial charge in [0, 0.05) is 41.9 Å². The van der Waals surface area contributed by atoms with Crippen LogP contribution in [0.4, 0.5) is 0 Å². The Morgan fingerprint density at radius 3 is 3.20 bits per heavy atom. The van der Waals surface area contributed by atoms with Crippen LogP contribution in [0, 0.1) is 5.92 Å². The van der Waals surface area contributed by atoms with Crippen LogP contribution in [0.15, 0.2) is 0 Å². The zero-order chi connectivity index (χ0) is 7.19. The van der Waals surface area contributed by atoms with E-state index in [-0.39, 0.29) is 5.60 Å². The molecule has 1 saturated carbocycles. The Morgan fingerprint density at radius 1 is 1.60 bits per heavy atom. The van der Waals surface area contributed by atoms with E-state index in [2.05, 4.69) is 26.0 Å². The van der Waals surface area contributed by atoms with Crippen molar-refractivity contribution >= 4 is 22.9 Å². The Labute approximate surface area is 75.1 Å². The van der Waals surface area contributed by atoms with Crippen LogP contribution in [0.3, 0.4) is 0 Å². The molecule has 10 heavy (non-hydrogen) atoms. The van der Waals surface area contributed by atoms with Gasteiger partial charge in [-0.2, -0.15) is 0 Å². The molecule has 0 radical (unpaired) electrons. The van der Waals surface area contributed by atoms with Crippen molar-refractivity contribution in [3.63, 3.8) is 0 Å². The first kappa shape index (κ1) is 7.31. The molecule has 0 aromatic carbocycles. The van der Waals surface area contributed by atoms with Crippen LogP contribution in [0.2, 0.25) is 0 Å². The van der Waals surface area contributed by atoms with Gasteiger partial charge in [-0.15, -0.1) is 0 Å². The summed E-state index contributed by atoms with van der Waals surface area (Å²) in [4.78, 5) is 0. The van der Waals surface area contributed by atoms with Gasteiger partial charge < -0.3 is 5.11 Å². The second-order valence-electron chi connectivity index (χ2n) is 3.48. The molecule has 1 aliphatic carbocycles. The van der Waals surface area contributed by atoms with Crippen LogP contribution in [-0.2, 0) is 0 Å². The molecule has 2 nitrogen and oxygen atoms in total. The summed E-state index contributed by atoms with van der Waals surface area (Å²) >= 11 is 2.35. The fourth-order valence-electron chi connectivity index (χ4n) is 1.80. The Bertz CT molecular complexity index is 153. The first-order valence-electron chi connectivity index (χ1n) is 3.84. The summed E-state index contributed by atoms with van der Waals surface area (Å²) in [5.41, 5.74) is -0.236. The summed E-state index contributed by atoms with van der Waals surface area (Å²) in [6.07, 6.45) is 3.24. The molecule has 1 saturated heterocycles. The first-order chi connectivity index (χ1) is 4.71. The SMILES string of the molecule is OC12CCCN(I)CC1C2. The van der Waals surface area contributed by atoms with Crippen molar-refractivity contribution in [1.29, 1.82) is 0 Å². The van der Waals surface area contributed by atoms with Gasteiger partial charge in [0.25, 0.3) is 0 Å². The fourth-order valence-corrected chi connectivity index (χ4v) is 2.61. The van der Waals surface area contributed by atoms with Crippen molar-refractivity contribution in [2.75, 3.05) is 13.1 Å². The van der Waals surface area contributed by atoms with E-state index in [1.54, 1.807) is 0 Å². The van der Waals surface area contributed by atoms with E-state index in [4.69, 9.17) is 0 Å². The summed E-state index contributed by atoms with van der Waals surface area (Å²) in [5.74, 6) is 0.590. The molecule has 0 amide bonds. The van der Waals surface area contributed by atoms with Crippen molar-refractivity contribution in [3.05, 3.63) is 0 Å². The van der Waals surface area contributed by atoms with Crippen molar-refractivity contribution < 1.29 is 5.11 Å². The maximum atomic E-state index is 9.72. The van der Waals surface area contributed by atoms with Crippen LogP contribution >= 0.6 is 22.9 Å². The summed E-state index contributed by atoms with van der Waals surface area (Å²) < 4.78 is 2.30. The third-order valence-corrected chi connectivity index (χ3v) is 3.50. The van der Waals surface area contributed by atoms with Crippen LogP contribution in [0.1, 0.15) is 19.3 Å². The first-order valence-corrected chi connectivity index (χ1v) is 4.80. The summed E-state index contributed by atoms with van der Waals surface area (Å²) in [7, 11) is 0. The Balaban J connectivity index is 2.00. The lowest BCUT2D eigenvalue weighted by Gasteiger charge is -2.09. The number of rotatable bonds is 0. The minimum absolute atomic E-state index is 0.236. The molecule has 0 aromatic heterocycles. The molecule has 2 rings (SSSR count). The monoisotopic (exact) mass is 253 g/mol. The number of hydrogen-bond donors (Lipinski definition) is 1. The lowest BCUT2D eigenvalue weighted by Crippen LogP contribution is -2.14. The number of halogens is 1. The predicted octanol–water partition coefficient (Wildman–Crippen LogP) is 1.18. The zero-order valence-corrected chi connectivity index (χ0v) is 8.04. The third kappa shape index (κ3) is 1.19. The van der Waals surface area contributed by atoms with Crippen molar-refractivity contribution in [3.8, 4) is 0 Å². The molecule has 2 atom stereocenters. The molecule has 1 N–H and O–H groups in total. The van der Waals surface area contributed by atoms with E-state index < -0.39 is 0 Å². The topological polar surface area (TPSA) is 23.5 Å². The molecule has 0 spiro atoms. The van der Waals surface area contributed by atoms with Crippen LogP contribution in [0.25, 0.3) is 0 Å². The van der Waals surface area contributed by atoms with Gasteiger partial charge >= 0.3 is 0 Å². The molecular formula is C7H12INO. The molecule has 2 unspecified atom stereocenters. The normalized spacial score (nSPS) is 48.0. The molecule has 2 aliphatic rings. The molecule has 2 fully saturated rings. The van der Waals surface area contributed by atoms with Gasteiger partial charge in [-0.05, 0) is 19.3 Å². The highest BCUT2D eigenvalue weighted by molar-refractivity contribution is 14.1. The molecule has 1 heterocycles. The second-order valence-corrected chi connectivity index (χ2v) is 4.84. The maximum Gasteiger partial charge on any atom is 0.0694 e. The lowest BCUT2D eigenvalue weighted by molar-refractivity contribution is 0.125. The van der Waals surface area contributed by atoms with Gasteiger partial charge in [0.05, 0.1) is 5.60 Å². The van der Waals surface area contributed by atoms with Gasteiger partial charge in [0.2, 0.25) is 0 Å². The summed E-state index contributed by atoms with van der Waals surface area (Å²) in [6, 6.07) is 0. The molecule has 0 aromatic rings. The average Bonchev–Trinajstić information content (AvgIpc) is 2.41. The minimum Gasteiger partial charge on any atom is -0.390 e. The highest BCUT2D eigenvalue weighted by atomic mass is 127. The van der Waals surface area contributed by atoms with Gasteiger partial charge in [-0.1, -0.05) is 0 Å². The van der Waals surface area contributed by atoms with E-state index in [9.17, 15) is 5.11 Å². The smallest absolute Gasteiger partial charge is 0.0694 e. The highest BCUT2D eigenvalue weighted by Crippen LogP contribution is 2.49. The number of fused-ring (bicyclic) bond motifs is 1. The molecule has 0 bridgehead atoms. The minimum atomic E-state index is -0.236. The van der Waals surface area contributed by atoms with E-state index in [0.717, 1.165) is 32.4 Å². The van der Waals surface area contributed by atoms with Crippen molar-refractivity contribution in [1.82, 2.24) is 3.11 Å². The van der Waals surface area contributed by atoms with E-state index in [0.29, 0.717) is 5.92 Å². The predicted molar refractivity (Wildman–Crippen MR) is 47.9 cm³/mol. The van der Waals surface area contributed by atoms with E-state index >= 15 is 0 Å². The molecule has 1 aliphatic heterocycles. The standard InChI is InChI=1S/C7H12INO/c8-9-3-1-2-7(10)4-6(7)5-9/h6,10H,1-5H2. The molecule has 3 heteroatoms. The maximum absolute atomic E-state index is 9.72. The van der Waals surface area contributed by atoms with E-state index in [1.807, 2.05) is 0 Å². The Hall–Kier alpha value is 0.650. The number of nitrogens with zero attached hydrogens (tertiary/aromatic N) is 1. The van der Waals surface area contributed by atoms with Gasteiger partial charge in [0.1, 0.15) is 0 Å². The van der Waals surface area contributed by atoms with Gasteiger partial charge in [-0.25, -0.2) is 3.11 Å². The Morgan fingerprint density at radius 2 is 2.40 bits per heavy atom. The summed E-state index contributed by atoms with van der Waals surface area (Å²) in [6.45, 7) is 2.25. The second kappa shape index (κ2) is 2.32. The van der Waals surface area contributed by atoms with Gasteiger partial charge in [0.15, 0.2) is 0 Å². The van der Waals surface area contributed by atoms with Crippen LogP contribution in [-0.4, -0.2) is 26.9 Å². The Kier molecular flexibility index (Phi) is 1.69. The van der Waals surface area contributed by atoms with Crippen LogP contribution < -0.4 is 0 Å². The number of hydrogen-bond acceptors (Lipinski definition) is 2. The molecular weight excluding hydrogens is 241 g/mol. The van der Waals surface area contributed by atoms with Crippen molar-refractivity contribution in [2.45, 2.75) is 24.9 Å². The van der Waals surface area contributed by atoms with E-state index in [1.165, 1.54) is 0 Å². The summed E-state index contributed by atoms with van der Waals surface area (Å²) in [5, 5.41) is 9.72. The average molecular weight is 253 g/mol. The lowest BCUT2D eigenvalue weighted by atomic mass is 10.1. The largest absolute Gasteiger partial charge is 0.390 e. The third-order valence-electron chi connectivity index (χ3n) is 2.63. The van der Waals surface area contributed by atoms with Crippen LogP contribution in [0.5, 0.6) is 0 Å².